The van der Waals surface area contributed by atoms with Crippen LogP contribution < -0.4 is 0 Å². The maximum absolute atomic E-state index is 13.0. The number of carbonyl (C=O) groups excluding carboxylic acids is 2. The highest BCUT2D eigenvalue weighted by Gasteiger charge is 2.36. The van der Waals surface area contributed by atoms with E-state index in [4.69, 9.17) is 18.9 Å². The Hall–Kier alpha value is -3.16. The zero-order chi connectivity index (χ0) is 20.9. The van der Waals surface area contributed by atoms with Gasteiger partial charge in [-0.15, -0.1) is 0 Å². The van der Waals surface area contributed by atoms with Crippen molar-refractivity contribution in [2.24, 2.45) is 0 Å². The Bertz CT molecular complexity index is 1110. The molecular formula is C21H23N3O5. The van der Waals surface area contributed by atoms with Crippen LogP contribution in [0, 0.1) is 13.8 Å². The summed E-state index contributed by atoms with van der Waals surface area (Å²) < 4.78 is 18.0. The molecule has 0 unspecified atom stereocenters. The maximum Gasteiger partial charge on any atom is 0.347 e. The second-order valence-electron chi connectivity index (χ2n) is 7.68. The van der Waals surface area contributed by atoms with E-state index in [1.165, 1.54) is 0 Å². The molecule has 0 bridgehead atoms. The Kier molecular flexibility index (Phi) is 4.64. The molecule has 2 atom stereocenters. The van der Waals surface area contributed by atoms with E-state index in [-0.39, 0.29) is 12.1 Å². The minimum absolute atomic E-state index is 0.0527. The summed E-state index contributed by atoms with van der Waals surface area (Å²) in [7, 11) is 0. The van der Waals surface area contributed by atoms with E-state index < -0.39 is 18.0 Å². The zero-order valence-corrected chi connectivity index (χ0v) is 17.1. The molecule has 0 spiro atoms. The number of hydrogen-bond donors (Lipinski definition) is 0. The van der Waals surface area contributed by atoms with Gasteiger partial charge in [0.15, 0.2) is 5.65 Å². The average Bonchev–Trinajstić information content (AvgIpc) is 3.30. The lowest BCUT2D eigenvalue weighted by Gasteiger charge is -2.12. The van der Waals surface area contributed by atoms with Crippen LogP contribution >= 0.6 is 0 Å². The fourth-order valence-electron chi connectivity index (χ4n) is 3.60. The number of hydrogen-bond acceptors (Lipinski definition) is 7. The van der Waals surface area contributed by atoms with Gasteiger partial charge in [0.05, 0.1) is 22.8 Å². The molecule has 1 fully saturated rings. The van der Waals surface area contributed by atoms with Crippen molar-refractivity contribution in [3.8, 4) is 11.3 Å². The predicted molar refractivity (Wildman–Crippen MR) is 104 cm³/mol. The van der Waals surface area contributed by atoms with Gasteiger partial charge in [-0.1, -0.05) is 0 Å². The van der Waals surface area contributed by atoms with E-state index in [0.717, 1.165) is 11.3 Å². The summed E-state index contributed by atoms with van der Waals surface area (Å²) in [6.07, 6.45) is 0.777. The standard InChI is InChI=1S/C21H23N3O5/c1-10(2)24-19-16(9-22-24)15(20(25)29-18-7-12(4)28-21(18)26)8-17(23-19)14-6-11(3)27-13(14)5/h6,8-10,12,18H,7H2,1-5H3/t12-,18+/m0/s1. The number of carbonyl (C=O) groups is 2. The smallest absolute Gasteiger partial charge is 0.347 e. The van der Waals surface area contributed by atoms with Crippen molar-refractivity contribution < 1.29 is 23.5 Å². The van der Waals surface area contributed by atoms with E-state index in [1.807, 2.05) is 33.8 Å². The van der Waals surface area contributed by atoms with Gasteiger partial charge in [0.2, 0.25) is 6.10 Å². The second kappa shape index (κ2) is 7.02. The summed E-state index contributed by atoms with van der Waals surface area (Å²) in [6, 6.07) is 3.60. The largest absolute Gasteiger partial charge is 0.466 e. The number of nitrogens with zero attached hydrogens (tertiary/aromatic N) is 3. The highest BCUT2D eigenvalue weighted by Crippen LogP contribution is 2.31. The quantitative estimate of drug-likeness (QED) is 0.619. The summed E-state index contributed by atoms with van der Waals surface area (Å²) in [6.45, 7) is 9.45. The average molecular weight is 397 g/mol. The monoisotopic (exact) mass is 397 g/mol. The molecule has 0 aliphatic carbocycles. The first-order chi connectivity index (χ1) is 13.7. The topological polar surface area (TPSA) is 96.5 Å². The van der Waals surface area contributed by atoms with Gasteiger partial charge in [0.1, 0.15) is 17.6 Å². The van der Waals surface area contributed by atoms with Crippen LogP contribution in [0.3, 0.4) is 0 Å². The minimum atomic E-state index is -0.901. The highest BCUT2D eigenvalue weighted by molar-refractivity contribution is 6.04. The van der Waals surface area contributed by atoms with Crippen LogP contribution in [-0.4, -0.2) is 38.9 Å². The maximum atomic E-state index is 13.0. The van der Waals surface area contributed by atoms with Crippen molar-refractivity contribution in [3.05, 3.63) is 35.4 Å². The van der Waals surface area contributed by atoms with Crippen LogP contribution in [0.4, 0.5) is 0 Å². The van der Waals surface area contributed by atoms with E-state index in [1.54, 1.807) is 23.9 Å². The SMILES string of the molecule is Cc1cc(-c2cc(C(=O)O[C@@H]3C[C@H](C)OC3=O)c3cnn(C(C)C)c3n2)c(C)o1. The van der Waals surface area contributed by atoms with Crippen molar-refractivity contribution in [1.29, 1.82) is 0 Å². The van der Waals surface area contributed by atoms with Crippen LogP contribution in [0.25, 0.3) is 22.3 Å². The molecular weight excluding hydrogens is 374 g/mol. The molecule has 8 nitrogen and oxygen atoms in total. The molecule has 0 amide bonds. The minimum Gasteiger partial charge on any atom is -0.466 e. The van der Waals surface area contributed by atoms with Gasteiger partial charge in [-0.25, -0.2) is 19.3 Å². The van der Waals surface area contributed by atoms with Gasteiger partial charge in [-0.3, -0.25) is 0 Å². The Morgan fingerprint density at radius 3 is 2.66 bits per heavy atom. The molecule has 1 saturated heterocycles. The van der Waals surface area contributed by atoms with Crippen molar-refractivity contribution >= 4 is 23.0 Å². The summed E-state index contributed by atoms with van der Waals surface area (Å²) in [4.78, 5) is 29.6. The lowest BCUT2D eigenvalue weighted by atomic mass is 10.1. The highest BCUT2D eigenvalue weighted by atomic mass is 16.6. The number of rotatable bonds is 4. The first-order valence-corrected chi connectivity index (χ1v) is 9.61. The van der Waals surface area contributed by atoms with Crippen LogP contribution in [0.5, 0.6) is 0 Å². The van der Waals surface area contributed by atoms with Gasteiger partial charge in [-0.2, -0.15) is 5.10 Å². The summed E-state index contributed by atoms with van der Waals surface area (Å²) in [5.41, 5.74) is 2.26. The van der Waals surface area contributed by atoms with Crippen LogP contribution in [0.1, 0.15) is 55.1 Å². The number of ether oxygens (including phenoxy) is 2. The lowest BCUT2D eigenvalue weighted by molar-refractivity contribution is -0.147. The molecule has 3 aromatic rings. The van der Waals surface area contributed by atoms with Gasteiger partial charge in [0.25, 0.3) is 0 Å². The van der Waals surface area contributed by atoms with E-state index in [9.17, 15) is 9.59 Å². The number of esters is 2. The molecule has 29 heavy (non-hydrogen) atoms. The molecule has 1 aliphatic rings. The molecule has 0 saturated carbocycles. The Morgan fingerprint density at radius 1 is 1.31 bits per heavy atom. The number of aryl methyl sites for hydroxylation is 2. The Balaban J connectivity index is 1.82. The molecule has 1 aliphatic heterocycles. The number of fused-ring (bicyclic) bond motifs is 1. The summed E-state index contributed by atoms with van der Waals surface area (Å²) in [5, 5.41) is 4.96. The van der Waals surface area contributed by atoms with E-state index in [0.29, 0.717) is 34.5 Å². The third kappa shape index (κ3) is 3.39. The number of pyridine rings is 1. The van der Waals surface area contributed by atoms with Gasteiger partial charge in [-0.05, 0) is 46.8 Å². The molecule has 4 rings (SSSR count). The molecule has 0 N–H and O–H groups in total. The zero-order valence-electron chi connectivity index (χ0n) is 17.1. The normalized spacial score (nSPS) is 19.2. The van der Waals surface area contributed by atoms with Gasteiger partial charge < -0.3 is 13.9 Å². The van der Waals surface area contributed by atoms with Gasteiger partial charge >= 0.3 is 11.9 Å². The predicted octanol–water partition coefficient (Wildman–Crippen LogP) is 3.75. The van der Waals surface area contributed by atoms with Crippen molar-refractivity contribution in [2.45, 2.75) is 59.3 Å². The van der Waals surface area contributed by atoms with E-state index >= 15 is 0 Å². The van der Waals surface area contributed by atoms with Crippen molar-refractivity contribution in [1.82, 2.24) is 14.8 Å². The summed E-state index contributed by atoms with van der Waals surface area (Å²) in [5.74, 6) is 0.340. The van der Waals surface area contributed by atoms with Crippen molar-refractivity contribution in [3.63, 3.8) is 0 Å². The fourth-order valence-corrected chi connectivity index (χ4v) is 3.60. The molecule has 8 heteroatoms. The summed E-state index contributed by atoms with van der Waals surface area (Å²) >= 11 is 0. The van der Waals surface area contributed by atoms with Crippen LogP contribution in [0.15, 0.2) is 22.7 Å². The first-order valence-electron chi connectivity index (χ1n) is 9.61. The Morgan fingerprint density at radius 2 is 2.07 bits per heavy atom. The molecule has 3 aromatic heterocycles. The third-order valence-corrected chi connectivity index (χ3v) is 4.97. The number of aromatic nitrogens is 3. The van der Waals surface area contributed by atoms with E-state index in [2.05, 4.69) is 5.10 Å². The first kappa shape index (κ1) is 19.2. The molecule has 4 heterocycles. The third-order valence-electron chi connectivity index (χ3n) is 4.97. The Labute approximate surface area is 167 Å². The molecule has 0 aromatic carbocycles. The second-order valence-corrected chi connectivity index (χ2v) is 7.68. The van der Waals surface area contributed by atoms with Crippen LogP contribution in [0.2, 0.25) is 0 Å². The number of cyclic esters (lactones) is 1. The molecule has 152 valence electrons. The number of furan rings is 1. The molecule has 0 radical (unpaired) electrons. The fraction of sp³-hybridized carbons (Fsp3) is 0.429. The lowest BCUT2D eigenvalue weighted by Crippen LogP contribution is -2.23. The van der Waals surface area contributed by atoms with Crippen LogP contribution in [-0.2, 0) is 14.3 Å². The van der Waals surface area contributed by atoms with Gasteiger partial charge in [0, 0.05) is 18.0 Å². The van der Waals surface area contributed by atoms with Crippen molar-refractivity contribution in [2.75, 3.05) is 0 Å².